The van der Waals surface area contributed by atoms with E-state index in [0.29, 0.717) is 16.8 Å². The molecule has 2 amide bonds. The van der Waals surface area contributed by atoms with Crippen LogP contribution in [0.3, 0.4) is 0 Å². The minimum Gasteiger partial charge on any atom is -0.320 e. The quantitative estimate of drug-likeness (QED) is 0.894. The van der Waals surface area contributed by atoms with Crippen LogP contribution in [-0.4, -0.2) is 57.3 Å². The van der Waals surface area contributed by atoms with Crippen LogP contribution in [-0.2, 0) is 0 Å². The van der Waals surface area contributed by atoms with Crippen molar-refractivity contribution >= 4 is 23.3 Å². The van der Waals surface area contributed by atoms with Gasteiger partial charge in [0.15, 0.2) is 0 Å². The van der Waals surface area contributed by atoms with Crippen molar-refractivity contribution in [3.05, 3.63) is 41.7 Å². The molecular weight excluding hydrogens is 350 g/mol. The van der Waals surface area contributed by atoms with Crippen LogP contribution >= 0.6 is 11.6 Å². The Balaban J connectivity index is 1.42. The predicted molar refractivity (Wildman–Crippen MR) is 103 cm³/mol. The highest BCUT2D eigenvalue weighted by atomic mass is 35.5. The number of hydrogen-bond donors (Lipinski definition) is 1. The van der Waals surface area contributed by atoms with Crippen LogP contribution in [0.1, 0.15) is 26.2 Å². The van der Waals surface area contributed by atoms with Gasteiger partial charge in [-0.25, -0.2) is 9.48 Å². The molecule has 0 aliphatic carbocycles. The van der Waals surface area contributed by atoms with Crippen molar-refractivity contribution in [2.45, 2.75) is 38.3 Å². The summed E-state index contributed by atoms with van der Waals surface area (Å²) in [6.45, 7) is 5.25. The van der Waals surface area contributed by atoms with E-state index < -0.39 is 0 Å². The van der Waals surface area contributed by atoms with Crippen molar-refractivity contribution in [1.29, 1.82) is 0 Å². The Hall–Kier alpha value is -2.05. The van der Waals surface area contributed by atoms with Crippen LogP contribution in [0.25, 0.3) is 5.69 Å². The fraction of sp³-hybridized carbons (Fsp3) is 0.474. The maximum atomic E-state index is 12.7. The van der Waals surface area contributed by atoms with Crippen molar-refractivity contribution in [2.24, 2.45) is 0 Å². The molecule has 6 nitrogen and oxygen atoms in total. The second-order valence-electron chi connectivity index (χ2n) is 7.18. The zero-order valence-corrected chi connectivity index (χ0v) is 15.7. The molecule has 7 heteroatoms. The standard InChI is InChI=1S/C19H24ClN5O/c1-14-11-16(23-8-2-3-9-23)13-24(14)19(26)22-15-5-6-18(17(20)12-15)25-10-4-7-21-25/h4-7,10,12,14,16H,2-3,8-9,11,13H2,1H3,(H,22,26). The van der Waals surface area contributed by atoms with Crippen molar-refractivity contribution < 1.29 is 4.79 Å². The van der Waals surface area contributed by atoms with Crippen LogP contribution in [0, 0.1) is 0 Å². The topological polar surface area (TPSA) is 53.4 Å². The summed E-state index contributed by atoms with van der Waals surface area (Å²) >= 11 is 6.37. The van der Waals surface area contributed by atoms with Crippen molar-refractivity contribution in [3.8, 4) is 5.69 Å². The van der Waals surface area contributed by atoms with E-state index in [0.717, 1.165) is 31.7 Å². The third-order valence-corrected chi connectivity index (χ3v) is 5.72. The zero-order valence-electron chi connectivity index (χ0n) is 14.9. The van der Waals surface area contributed by atoms with Crippen LogP contribution in [0.15, 0.2) is 36.7 Å². The number of carbonyl (C=O) groups excluding carboxylic acids is 1. The number of nitrogens with zero attached hydrogens (tertiary/aromatic N) is 4. The number of carbonyl (C=O) groups is 1. The molecule has 2 aromatic rings. The first kappa shape index (κ1) is 17.4. The lowest BCUT2D eigenvalue weighted by molar-refractivity contribution is 0.202. The largest absolute Gasteiger partial charge is 0.322 e. The number of halogens is 1. The molecule has 0 spiro atoms. The third kappa shape index (κ3) is 3.44. The monoisotopic (exact) mass is 373 g/mol. The molecule has 2 unspecified atom stereocenters. The first-order valence-corrected chi connectivity index (χ1v) is 9.61. The van der Waals surface area contributed by atoms with Gasteiger partial charge in [-0.2, -0.15) is 5.10 Å². The molecule has 3 heterocycles. The summed E-state index contributed by atoms with van der Waals surface area (Å²) in [5, 5.41) is 7.73. The summed E-state index contributed by atoms with van der Waals surface area (Å²) in [4.78, 5) is 17.2. The Kier molecular flexibility index (Phi) is 4.87. The van der Waals surface area contributed by atoms with Gasteiger partial charge >= 0.3 is 6.03 Å². The van der Waals surface area contributed by atoms with E-state index in [1.807, 2.05) is 29.3 Å². The Morgan fingerprint density at radius 3 is 2.81 bits per heavy atom. The summed E-state index contributed by atoms with van der Waals surface area (Å²) in [5.74, 6) is 0. The van der Waals surface area contributed by atoms with Gasteiger partial charge in [0, 0.05) is 36.7 Å². The van der Waals surface area contributed by atoms with Crippen molar-refractivity contribution in [2.75, 3.05) is 25.0 Å². The van der Waals surface area contributed by atoms with Crippen molar-refractivity contribution in [1.82, 2.24) is 19.6 Å². The molecule has 1 aromatic carbocycles. The van der Waals surface area contributed by atoms with Crippen molar-refractivity contribution in [3.63, 3.8) is 0 Å². The number of aromatic nitrogens is 2. The SMILES string of the molecule is CC1CC(N2CCCC2)CN1C(=O)Nc1ccc(-n2cccn2)c(Cl)c1. The predicted octanol–water partition coefficient (Wildman–Crippen LogP) is 3.62. The molecular formula is C19H24ClN5O. The van der Waals surface area contributed by atoms with Gasteiger partial charge < -0.3 is 10.2 Å². The van der Waals surface area contributed by atoms with Gasteiger partial charge in [-0.1, -0.05) is 11.6 Å². The number of likely N-dealkylation sites (tertiary alicyclic amines) is 2. The fourth-order valence-electron chi connectivity index (χ4n) is 4.03. The Morgan fingerprint density at radius 2 is 2.12 bits per heavy atom. The van der Waals surface area contributed by atoms with E-state index in [-0.39, 0.29) is 12.1 Å². The van der Waals surface area contributed by atoms with Gasteiger partial charge in [-0.05, 0) is 63.5 Å². The molecule has 1 N–H and O–H groups in total. The molecule has 0 bridgehead atoms. The summed E-state index contributed by atoms with van der Waals surface area (Å²) in [6, 6.07) is 8.03. The molecule has 0 radical (unpaired) electrons. The van der Waals surface area contributed by atoms with E-state index in [2.05, 4.69) is 22.2 Å². The molecule has 1 aromatic heterocycles. The molecule has 138 valence electrons. The van der Waals surface area contributed by atoms with Gasteiger partial charge in [0.05, 0.1) is 10.7 Å². The number of rotatable bonds is 3. The van der Waals surface area contributed by atoms with Crippen LogP contribution in [0.4, 0.5) is 10.5 Å². The Labute approximate surface area is 158 Å². The van der Waals surface area contributed by atoms with Crippen LogP contribution in [0.5, 0.6) is 0 Å². The summed E-state index contributed by atoms with van der Waals surface area (Å²) in [6.07, 6.45) is 7.14. The minimum absolute atomic E-state index is 0.0536. The molecule has 4 rings (SSSR count). The van der Waals surface area contributed by atoms with E-state index in [4.69, 9.17) is 11.6 Å². The first-order valence-electron chi connectivity index (χ1n) is 9.23. The van der Waals surface area contributed by atoms with E-state index in [9.17, 15) is 4.79 Å². The lowest BCUT2D eigenvalue weighted by atomic mass is 10.2. The van der Waals surface area contributed by atoms with Gasteiger partial charge in [0.1, 0.15) is 0 Å². The van der Waals surface area contributed by atoms with Gasteiger partial charge in [-0.15, -0.1) is 0 Å². The van der Waals surface area contributed by atoms with E-state index in [1.165, 1.54) is 12.8 Å². The Bertz CT molecular complexity index is 772. The smallest absolute Gasteiger partial charge is 0.320 e. The summed E-state index contributed by atoms with van der Waals surface area (Å²) in [5.41, 5.74) is 1.49. The number of anilines is 1. The number of urea groups is 1. The molecule has 2 atom stereocenters. The second kappa shape index (κ2) is 7.29. The highest BCUT2D eigenvalue weighted by Crippen LogP contribution is 2.27. The van der Waals surface area contributed by atoms with E-state index >= 15 is 0 Å². The van der Waals surface area contributed by atoms with Gasteiger partial charge in [0.25, 0.3) is 0 Å². The number of amides is 2. The van der Waals surface area contributed by atoms with Gasteiger partial charge in [0.2, 0.25) is 0 Å². The van der Waals surface area contributed by atoms with Crippen LogP contribution < -0.4 is 5.32 Å². The van der Waals surface area contributed by atoms with E-state index in [1.54, 1.807) is 16.9 Å². The zero-order chi connectivity index (χ0) is 18.1. The third-order valence-electron chi connectivity index (χ3n) is 5.42. The average Bonchev–Trinajstić information content (AvgIpc) is 3.36. The molecule has 0 saturated carbocycles. The maximum absolute atomic E-state index is 12.7. The lowest BCUT2D eigenvalue weighted by Gasteiger charge is -2.24. The van der Waals surface area contributed by atoms with Gasteiger partial charge in [-0.3, -0.25) is 4.90 Å². The number of hydrogen-bond acceptors (Lipinski definition) is 3. The molecule has 26 heavy (non-hydrogen) atoms. The number of nitrogens with one attached hydrogen (secondary N) is 1. The molecule has 2 saturated heterocycles. The highest BCUT2D eigenvalue weighted by Gasteiger charge is 2.36. The molecule has 2 fully saturated rings. The lowest BCUT2D eigenvalue weighted by Crippen LogP contribution is -2.40. The fourth-order valence-corrected chi connectivity index (χ4v) is 4.30. The minimum atomic E-state index is -0.0536. The summed E-state index contributed by atoms with van der Waals surface area (Å²) in [7, 11) is 0. The maximum Gasteiger partial charge on any atom is 0.322 e. The van der Waals surface area contributed by atoms with Crippen LogP contribution in [0.2, 0.25) is 5.02 Å². The summed E-state index contributed by atoms with van der Waals surface area (Å²) < 4.78 is 1.71. The normalized spacial score (nSPS) is 23.5. The molecule has 2 aliphatic rings. The molecule has 2 aliphatic heterocycles. The highest BCUT2D eigenvalue weighted by molar-refractivity contribution is 6.32. The first-order chi connectivity index (χ1) is 12.6. The Morgan fingerprint density at radius 1 is 1.31 bits per heavy atom. The average molecular weight is 374 g/mol. The number of benzene rings is 1. The second-order valence-corrected chi connectivity index (χ2v) is 7.59.